The van der Waals surface area contributed by atoms with Crippen molar-refractivity contribution in [2.24, 2.45) is 29.1 Å². The van der Waals surface area contributed by atoms with Gasteiger partial charge in [-0.3, -0.25) is 9.59 Å². The van der Waals surface area contributed by atoms with Crippen molar-refractivity contribution in [3.05, 3.63) is 0 Å². The first-order valence-electron chi connectivity index (χ1n) is 7.95. The van der Waals surface area contributed by atoms with Gasteiger partial charge < -0.3 is 14.7 Å². The molecule has 4 aliphatic rings. The van der Waals surface area contributed by atoms with E-state index in [1.165, 1.54) is 0 Å². The highest BCUT2D eigenvalue weighted by Crippen LogP contribution is 2.68. The van der Waals surface area contributed by atoms with E-state index in [4.69, 9.17) is 4.74 Å². The monoisotopic (exact) mass is 293 g/mol. The van der Waals surface area contributed by atoms with Crippen molar-refractivity contribution in [3.8, 4) is 0 Å². The summed E-state index contributed by atoms with van der Waals surface area (Å²) in [6.45, 7) is 6.23. The molecule has 116 valence electrons. The number of nitrogens with zero attached hydrogens (tertiary/aromatic N) is 1. The lowest BCUT2D eigenvalue weighted by molar-refractivity contribution is -0.150. The lowest BCUT2D eigenvalue weighted by atomic mass is 9.54. The summed E-state index contributed by atoms with van der Waals surface area (Å²) in [4.78, 5) is 26.7. The maximum Gasteiger partial charge on any atom is 0.310 e. The second-order valence-electron chi connectivity index (χ2n) is 7.90. The Balaban J connectivity index is 1.92. The number of esters is 1. The van der Waals surface area contributed by atoms with Crippen molar-refractivity contribution < 1.29 is 19.4 Å². The predicted octanol–water partition coefficient (Wildman–Crippen LogP) is 0.802. The minimum atomic E-state index is -1.32. The van der Waals surface area contributed by atoms with Gasteiger partial charge in [0.15, 0.2) is 5.60 Å². The largest absolute Gasteiger partial charge is 0.460 e. The number of aliphatic hydroxyl groups is 1. The average molecular weight is 293 g/mol. The molecule has 2 aliphatic heterocycles. The summed E-state index contributed by atoms with van der Waals surface area (Å²) in [6, 6.07) is -0.197. The first kappa shape index (κ1) is 13.6. The molecule has 1 amide bonds. The molecule has 0 aromatic rings. The number of amides is 1. The van der Waals surface area contributed by atoms with Crippen LogP contribution < -0.4 is 0 Å². The molecule has 0 spiro atoms. The molecular weight excluding hydrogens is 270 g/mol. The number of likely N-dealkylation sites (tertiary alicyclic amines) is 1. The number of hydrogen-bond donors (Lipinski definition) is 1. The minimum Gasteiger partial charge on any atom is -0.460 e. The number of ether oxygens (including phenoxy) is 1. The third-order valence-electron chi connectivity index (χ3n) is 7.02. The van der Waals surface area contributed by atoms with Crippen molar-refractivity contribution in [2.45, 2.75) is 51.4 Å². The van der Waals surface area contributed by atoms with Crippen molar-refractivity contribution in [3.63, 3.8) is 0 Å². The maximum atomic E-state index is 12.6. The number of fused-ring (bicyclic) bond motifs is 4. The minimum absolute atomic E-state index is 0.0417. The molecule has 5 heteroatoms. The summed E-state index contributed by atoms with van der Waals surface area (Å²) in [5.41, 5.74) is -1.88. The highest BCUT2D eigenvalue weighted by atomic mass is 16.6. The van der Waals surface area contributed by atoms with Gasteiger partial charge in [-0.15, -0.1) is 0 Å². The van der Waals surface area contributed by atoms with Crippen LogP contribution in [0.3, 0.4) is 0 Å². The van der Waals surface area contributed by atoms with E-state index in [0.29, 0.717) is 12.3 Å². The SMILES string of the molecule is CC(C)C1[C@H]2OC(=O)[C@@H]1[C@@H]1CC[C@@]3(O)C(=O)N(C)[C@H]2[C@@]13C. The molecular formula is C16H23NO4. The Hall–Kier alpha value is -1.10. The van der Waals surface area contributed by atoms with E-state index in [-0.39, 0.29) is 41.8 Å². The summed E-state index contributed by atoms with van der Waals surface area (Å²) in [5, 5.41) is 11.1. The Bertz CT molecular complexity index is 546. The predicted molar refractivity (Wildman–Crippen MR) is 74.0 cm³/mol. The van der Waals surface area contributed by atoms with E-state index in [0.717, 1.165) is 6.42 Å². The molecule has 2 aliphatic carbocycles. The van der Waals surface area contributed by atoms with Crippen LogP contribution in [0.4, 0.5) is 0 Å². The van der Waals surface area contributed by atoms with E-state index in [2.05, 4.69) is 13.8 Å². The summed E-state index contributed by atoms with van der Waals surface area (Å²) in [6.07, 6.45) is 0.929. The molecule has 4 rings (SSSR count). The van der Waals surface area contributed by atoms with Gasteiger partial charge in [0.25, 0.3) is 5.91 Å². The first-order valence-corrected chi connectivity index (χ1v) is 7.95. The number of likely N-dealkylation sites (N-methyl/N-ethyl adjacent to an activating group) is 1. The fourth-order valence-corrected chi connectivity index (χ4v) is 6.13. The Kier molecular flexibility index (Phi) is 2.34. The van der Waals surface area contributed by atoms with Gasteiger partial charge >= 0.3 is 5.97 Å². The first-order chi connectivity index (χ1) is 9.75. The van der Waals surface area contributed by atoms with Crippen LogP contribution in [0, 0.1) is 29.1 Å². The van der Waals surface area contributed by atoms with Crippen LogP contribution >= 0.6 is 0 Å². The second kappa shape index (κ2) is 3.62. The highest BCUT2D eigenvalue weighted by Gasteiger charge is 2.79. The Morgan fingerprint density at radius 3 is 2.67 bits per heavy atom. The van der Waals surface area contributed by atoms with Crippen LogP contribution in [-0.2, 0) is 14.3 Å². The fourth-order valence-electron chi connectivity index (χ4n) is 6.13. The van der Waals surface area contributed by atoms with Crippen molar-refractivity contribution >= 4 is 11.9 Å². The number of carbonyl (C=O) groups is 2. The lowest BCUT2D eigenvalue weighted by Gasteiger charge is -2.49. The standard InChI is InChI=1S/C16H23NO4/c1-7(2)9-10-8-5-6-16(20)14(19)17(4)12(15(8,16)3)11(9)21-13(10)18/h7-12,20H,5-6H2,1-4H3/t8-,9?,10+,11+,12+,15+,16+/m0/s1. The Labute approximate surface area is 124 Å². The summed E-state index contributed by atoms with van der Waals surface area (Å²) >= 11 is 0. The van der Waals surface area contributed by atoms with Crippen LogP contribution in [0.15, 0.2) is 0 Å². The zero-order valence-corrected chi connectivity index (χ0v) is 13.0. The molecule has 2 saturated carbocycles. The van der Waals surface area contributed by atoms with Crippen LogP contribution in [0.2, 0.25) is 0 Å². The van der Waals surface area contributed by atoms with Crippen molar-refractivity contribution in [1.82, 2.24) is 4.90 Å². The van der Waals surface area contributed by atoms with Gasteiger partial charge in [-0.2, -0.15) is 0 Å². The zero-order chi connectivity index (χ0) is 15.3. The third kappa shape index (κ3) is 1.17. The molecule has 7 atom stereocenters. The normalized spacial score (nSPS) is 54.4. The van der Waals surface area contributed by atoms with E-state index in [1.54, 1.807) is 11.9 Å². The molecule has 0 radical (unpaired) electrons. The molecule has 0 aromatic heterocycles. The quantitative estimate of drug-likeness (QED) is 0.726. The number of hydrogen-bond acceptors (Lipinski definition) is 4. The van der Waals surface area contributed by atoms with E-state index in [1.807, 2.05) is 6.92 Å². The maximum absolute atomic E-state index is 12.6. The van der Waals surface area contributed by atoms with Gasteiger partial charge in [-0.25, -0.2) is 0 Å². The number of rotatable bonds is 1. The average Bonchev–Trinajstić information content (AvgIpc) is 2.89. The topological polar surface area (TPSA) is 66.8 Å². The molecule has 1 unspecified atom stereocenters. The fraction of sp³-hybridized carbons (Fsp3) is 0.875. The Morgan fingerprint density at radius 2 is 2.05 bits per heavy atom. The van der Waals surface area contributed by atoms with Gasteiger partial charge in [0.2, 0.25) is 0 Å². The van der Waals surface area contributed by atoms with Crippen LogP contribution in [-0.4, -0.2) is 46.7 Å². The molecule has 0 aromatic carbocycles. The van der Waals surface area contributed by atoms with E-state index < -0.39 is 11.0 Å². The third-order valence-corrected chi connectivity index (χ3v) is 7.02. The smallest absolute Gasteiger partial charge is 0.310 e. The van der Waals surface area contributed by atoms with E-state index >= 15 is 0 Å². The molecule has 1 N–H and O–H groups in total. The van der Waals surface area contributed by atoms with Gasteiger partial charge in [0, 0.05) is 18.4 Å². The summed E-state index contributed by atoms with van der Waals surface area (Å²) in [5.74, 6) is 0.0442. The second-order valence-corrected chi connectivity index (χ2v) is 7.90. The van der Waals surface area contributed by atoms with Crippen molar-refractivity contribution in [2.75, 3.05) is 7.05 Å². The van der Waals surface area contributed by atoms with Gasteiger partial charge in [0.05, 0.1) is 12.0 Å². The summed E-state index contributed by atoms with van der Waals surface area (Å²) in [7, 11) is 1.75. The van der Waals surface area contributed by atoms with Crippen LogP contribution in [0.1, 0.15) is 33.6 Å². The van der Waals surface area contributed by atoms with Crippen LogP contribution in [0.25, 0.3) is 0 Å². The highest BCUT2D eigenvalue weighted by molar-refractivity contribution is 5.91. The number of carbonyl (C=O) groups excluding carboxylic acids is 2. The lowest BCUT2D eigenvalue weighted by Crippen LogP contribution is -2.60. The van der Waals surface area contributed by atoms with Gasteiger partial charge in [0.1, 0.15) is 6.10 Å². The molecule has 2 saturated heterocycles. The van der Waals surface area contributed by atoms with Gasteiger partial charge in [-0.05, 0) is 24.7 Å². The van der Waals surface area contributed by atoms with Crippen LogP contribution in [0.5, 0.6) is 0 Å². The molecule has 2 heterocycles. The Morgan fingerprint density at radius 1 is 1.38 bits per heavy atom. The zero-order valence-electron chi connectivity index (χ0n) is 13.0. The molecule has 2 bridgehead atoms. The molecule has 4 fully saturated rings. The molecule has 5 nitrogen and oxygen atoms in total. The molecule has 21 heavy (non-hydrogen) atoms. The van der Waals surface area contributed by atoms with Gasteiger partial charge in [-0.1, -0.05) is 20.8 Å². The van der Waals surface area contributed by atoms with Crippen molar-refractivity contribution in [1.29, 1.82) is 0 Å². The van der Waals surface area contributed by atoms with E-state index in [9.17, 15) is 14.7 Å². The summed E-state index contributed by atoms with van der Waals surface area (Å²) < 4.78 is 5.71.